The standard InChI is InChI=1S/C15H11F3N2S/c1-20-7-3-6-13(20)14-19-12(9-21-14)10-4-2-5-11(8-10)15(16,17)18/h2-9H,1H3. The van der Waals surface area contributed by atoms with Gasteiger partial charge in [-0.1, -0.05) is 12.1 Å². The smallest absolute Gasteiger partial charge is 0.349 e. The van der Waals surface area contributed by atoms with Gasteiger partial charge in [-0.05, 0) is 24.3 Å². The molecule has 0 saturated heterocycles. The van der Waals surface area contributed by atoms with Gasteiger partial charge in [0.2, 0.25) is 0 Å². The molecule has 0 aliphatic carbocycles. The predicted octanol–water partition coefficient (Wildman–Crippen LogP) is 4.83. The molecule has 0 fully saturated rings. The summed E-state index contributed by atoms with van der Waals surface area (Å²) in [5.41, 5.74) is 1.32. The van der Waals surface area contributed by atoms with Crippen LogP contribution in [0.25, 0.3) is 22.0 Å². The van der Waals surface area contributed by atoms with Crippen molar-refractivity contribution in [2.24, 2.45) is 7.05 Å². The van der Waals surface area contributed by atoms with Crippen molar-refractivity contribution >= 4 is 11.3 Å². The highest BCUT2D eigenvalue weighted by Crippen LogP contribution is 2.33. The highest BCUT2D eigenvalue weighted by atomic mass is 32.1. The van der Waals surface area contributed by atoms with E-state index in [2.05, 4.69) is 4.98 Å². The van der Waals surface area contributed by atoms with Crippen molar-refractivity contribution < 1.29 is 13.2 Å². The minimum Gasteiger partial charge on any atom is -0.349 e. The van der Waals surface area contributed by atoms with Crippen LogP contribution in [0.5, 0.6) is 0 Å². The van der Waals surface area contributed by atoms with Gasteiger partial charge in [0.1, 0.15) is 5.01 Å². The number of aromatic nitrogens is 2. The van der Waals surface area contributed by atoms with Crippen LogP contribution in [-0.2, 0) is 13.2 Å². The van der Waals surface area contributed by atoms with Gasteiger partial charge in [0, 0.05) is 24.2 Å². The zero-order valence-electron chi connectivity index (χ0n) is 11.1. The van der Waals surface area contributed by atoms with Crippen LogP contribution in [0.3, 0.4) is 0 Å². The van der Waals surface area contributed by atoms with E-state index < -0.39 is 11.7 Å². The summed E-state index contributed by atoms with van der Waals surface area (Å²) in [6.45, 7) is 0. The molecule has 0 amide bonds. The zero-order chi connectivity index (χ0) is 15.0. The molecule has 2 heterocycles. The Balaban J connectivity index is 1.99. The summed E-state index contributed by atoms with van der Waals surface area (Å²) in [5, 5.41) is 2.56. The maximum absolute atomic E-state index is 12.7. The van der Waals surface area contributed by atoms with Gasteiger partial charge in [0.25, 0.3) is 0 Å². The van der Waals surface area contributed by atoms with E-state index in [4.69, 9.17) is 0 Å². The van der Waals surface area contributed by atoms with E-state index in [1.165, 1.54) is 17.4 Å². The number of benzene rings is 1. The van der Waals surface area contributed by atoms with Gasteiger partial charge in [0.05, 0.1) is 17.0 Å². The second-order valence-corrected chi connectivity index (χ2v) is 5.48. The first kappa shape index (κ1) is 13.9. The molecule has 2 nitrogen and oxygen atoms in total. The van der Waals surface area contributed by atoms with Crippen molar-refractivity contribution in [2.75, 3.05) is 0 Å². The van der Waals surface area contributed by atoms with Gasteiger partial charge in [-0.2, -0.15) is 13.2 Å². The van der Waals surface area contributed by atoms with Crippen LogP contribution < -0.4 is 0 Å². The average molecular weight is 308 g/mol. The quantitative estimate of drug-likeness (QED) is 0.662. The summed E-state index contributed by atoms with van der Waals surface area (Å²) in [6, 6.07) is 9.06. The Labute approximate surface area is 123 Å². The van der Waals surface area contributed by atoms with E-state index in [9.17, 15) is 13.2 Å². The molecule has 1 aromatic carbocycles. The SMILES string of the molecule is Cn1cccc1-c1nc(-c2cccc(C(F)(F)F)c2)cs1. The number of thiazole rings is 1. The molecule has 0 saturated carbocycles. The fraction of sp³-hybridized carbons (Fsp3) is 0.133. The van der Waals surface area contributed by atoms with Gasteiger partial charge in [-0.15, -0.1) is 11.3 Å². The minimum atomic E-state index is -4.34. The monoisotopic (exact) mass is 308 g/mol. The number of halogens is 3. The third kappa shape index (κ3) is 2.71. The number of alkyl halides is 3. The van der Waals surface area contributed by atoms with Gasteiger partial charge in [0.15, 0.2) is 0 Å². The maximum Gasteiger partial charge on any atom is 0.416 e. The molecule has 0 spiro atoms. The maximum atomic E-state index is 12.7. The second kappa shape index (κ2) is 5.04. The van der Waals surface area contributed by atoms with Crippen LogP contribution in [0.2, 0.25) is 0 Å². The molecule has 108 valence electrons. The summed E-state index contributed by atoms with van der Waals surface area (Å²) < 4.78 is 40.2. The first-order chi connectivity index (χ1) is 9.95. The van der Waals surface area contributed by atoms with Crippen LogP contribution in [-0.4, -0.2) is 9.55 Å². The van der Waals surface area contributed by atoms with Crippen molar-refractivity contribution in [1.29, 1.82) is 0 Å². The molecule has 0 aliphatic rings. The Morgan fingerprint density at radius 3 is 2.62 bits per heavy atom. The van der Waals surface area contributed by atoms with Crippen LogP contribution in [0.15, 0.2) is 48.0 Å². The molecule has 6 heteroatoms. The first-order valence-electron chi connectivity index (χ1n) is 6.20. The molecular formula is C15H11F3N2S. The molecule has 0 atom stereocenters. The molecule has 3 aromatic rings. The summed E-state index contributed by atoms with van der Waals surface area (Å²) in [6.07, 6.45) is -2.44. The molecule has 0 bridgehead atoms. The zero-order valence-corrected chi connectivity index (χ0v) is 11.9. The van der Waals surface area contributed by atoms with Crippen LogP contribution in [0.1, 0.15) is 5.56 Å². The molecule has 21 heavy (non-hydrogen) atoms. The Hall–Kier alpha value is -2.08. The molecule has 0 aliphatic heterocycles. The Morgan fingerprint density at radius 2 is 1.95 bits per heavy atom. The normalized spacial score (nSPS) is 11.8. The molecule has 0 radical (unpaired) electrons. The van der Waals surface area contributed by atoms with Crippen molar-refractivity contribution in [3.8, 4) is 22.0 Å². The summed E-state index contributed by atoms with van der Waals surface area (Å²) in [4.78, 5) is 4.44. The van der Waals surface area contributed by atoms with E-state index in [1.807, 2.05) is 29.9 Å². The number of hydrogen-bond acceptors (Lipinski definition) is 2. The van der Waals surface area contributed by atoms with Gasteiger partial charge < -0.3 is 4.57 Å². The highest BCUT2D eigenvalue weighted by Gasteiger charge is 2.30. The Morgan fingerprint density at radius 1 is 1.14 bits per heavy atom. The Bertz CT molecular complexity index is 771. The van der Waals surface area contributed by atoms with Crippen molar-refractivity contribution in [1.82, 2.24) is 9.55 Å². The summed E-state index contributed by atoms with van der Waals surface area (Å²) in [7, 11) is 1.90. The molecule has 0 unspecified atom stereocenters. The van der Waals surface area contributed by atoms with Crippen molar-refractivity contribution in [3.05, 3.63) is 53.5 Å². The van der Waals surface area contributed by atoms with Gasteiger partial charge in [-0.3, -0.25) is 0 Å². The predicted molar refractivity (Wildman–Crippen MR) is 77.0 cm³/mol. The second-order valence-electron chi connectivity index (χ2n) is 4.62. The van der Waals surface area contributed by atoms with E-state index in [1.54, 1.807) is 11.4 Å². The third-order valence-electron chi connectivity index (χ3n) is 3.15. The minimum absolute atomic E-state index is 0.474. The number of aryl methyl sites for hydroxylation is 1. The number of nitrogens with zero attached hydrogens (tertiary/aromatic N) is 2. The van der Waals surface area contributed by atoms with Gasteiger partial charge in [-0.25, -0.2) is 4.98 Å². The van der Waals surface area contributed by atoms with E-state index in [0.29, 0.717) is 11.3 Å². The fourth-order valence-corrected chi connectivity index (χ4v) is 2.96. The van der Waals surface area contributed by atoms with Crippen LogP contribution in [0, 0.1) is 0 Å². The molecular weight excluding hydrogens is 297 g/mol. The highest BCUT2D eigenvalue weighted by molar-refractivity contribution is 7.13. The topological polar surface area (TPSA) is 17.8 Å². The molecule has 3 rings (SSSR count). The summed E-state index contributed by atoms with van der Waals surface area (Å²) >= 11 is 1.42. The van der Waals surface area contributed by atoms with Crippen molar-refractivity contribution in [2.45, 2.75) is 6.18 Å². The van der Waals surface area contributed by atoms with E-state index >= 15 is 0 Å². The number of rotatable bonds is 2. The first-order valence-corrected chi connectivity index (χ1v) is 7.08. The van der Waals surface area contributed by atoms with Crippen molar-refractivity contribution in [3.63, 3.8) is 0 Å². The van der Waals surface area contributed by atoms with Gasteiger partial charge >= 0.3 is 6.18 Å². The summed E-state index contributed by atoms with van der Waals surface area (Å²) in [5.74, 6) is 0. The lowest BCUT2D eigenvalue weighted by molar-refractivity contribution is -0.137. The lowest BCUT2D eigenvalue weighted by Crippen LogP contribution is -2.04. The largest absolute Gasteiger partial charge is 0.416 e. The lowest BCUT2D eigenvalue weighted by atomic mass is 10.1. The average Bonchev–Trinajstić information content (AvgIpc) is 3.06. The lowest BCUT2D eigenvalue weighted by Gasteiger charge is -2.07. The third-order valence-corrected chi connectivity index (χ3v) is 4.02. The fourth-order valence-electron chi connectivity index (χ4n) is 2.06. The van der Waals surface area contributed by atoms with Crippen LogP contribution in [0.4, 0.5) is 13.2 Å². The van der Waals surface area contributed by atoms with Crippen LogP contribution >= 0.6 is 11.3 Å². The Kier molecular flexibility index (Phi) is 3.33. The van der Waals surface area contributed by atoms with E-state index in [-0.39, 0.29) is 0 Å². The molecule has 2 aromatic heterocycles. The number of hydrogen-bond donors (Lipinski definition) is 0. The molecule has 0 N–H and O–H groups in total. The van der Waals surface area contributed by atoms with E-state index in [0.717, 1.165) is 22.8 Å².